The van der Waals surface area contributed by atoms with Crippen LogP contribution in [0.3, 0.4) is 0 Å². The summed E-state index contributed by atoms with van der Waals surface area (Å²) in [4.78, 5) is 11.2. The largest absolute Gasteiger partial charge is 0.377 e. The number of nitro benzene ring substituents is 1. The quantitative estimate of drug-likeness (QED) is 0.396. The number of anilines is 1. The highest BCUT2D eigenvalue weighted by Gasteiger charge is 2.42. The van der Waals surface area contributed by atoms with E-state index in [1.165, 1.54) is 0 Å². The van der Waals surface area contributed by atoms with E-state index in [0.717, 1.165) is 28.8 Å². The molecular formula is C19H16Cl2N2O2. The lowest BCUT2D eigenvalue weighted by Gasteiger charge is -2.38. The SMILES string of the molecule is Cc1ccc([N+](=O)[O-])c2c1N[C@@H](c1ccc(Cl)cc1Cl)[C@H]1CC=C[C@H]21. The molecule has 0 unspecified atom stereocenters. The Labute approximate surface area is 155 Å². The molecule has 2 aliphatic rings. The minimum Gasteiger partial charge on any atom is -0.377 e. The molecule has 3 atom stereocenters. The number of hydrogen-bond acceptors (Lipinski definition) is 3. The predicted molar refractivity (Wildman–Crippen MR) is 101 cm³/mol. The highest BCUT2D eigenvalue weighted by molar-refractivity contribution is 6.35. The van der Waals surface area contributed by atoms with Crippen LogP contribution in [-0.2, 0) is 0 Å². The Kier molecular flexibility index (Phi) is 3.97. The normalized spacial score (nSPS) is 23.7. The van der Waals surface area contributed by atoms with Gasteiger partial charge < -0.3 is 5.32 Å². The van der Waals surface area contributed by atoms with Gasteiger partial charge in [0.25, 0.3) is 5.69 Å². The number of hydrogen-bond donors (Lipinski definition) is 1. The molecule has 128 valence electrons. The Balaban J connectivity index is 1.89. The number of rotatable bonds is 2. The molecule has 1 N–H and O–H groups in total. The number of nitrogens with zero attached hydrogens (tertiary/aromatic N) is 1. The van der Waals surface area contributed by atoms with E-state index in [2.05, 4.69) is 17.5 Å². The van der Waals surface area contributed by atoms with E-state index in [1.54, 1.807) is 18.2 Å². The van der Waals surface area contributed by atoms with E-state index < -0.39 is 0 Å². The van der Waals surface area contributed by atoms with E-state index in [-0.39, 0.29) is 28.5 Å². The van der Waals surface area contributed by atoms with Gasteiger partial charge in [-0.05, 0) is 42.5 Å². The van der Waals surface area contributed by atoms with E-state index in [0.29, 0.717) is 10.0 Å². The second-order valence-electron chi connectivity index (χ2n) is 6.59. The van der Waals surface area contributed by atoms with Crippen LogP contribution in [0.1, 0.15) is 35.1 Å². The Morgan fingerprint density at radius 2 is 2.04 bits per heavy atom. The number of allylic oxidation sites excluding steroid dienone is 2. The van der Waals surface area contributed by atoms with Crippen LogP contribution in [0.2, 0.25) is 10.0 Å². The van der Waals surface area contributed by atoms with Gasteiger partial charge >= 0.3 is 0 Å². The number of fused-ring (bicyclic) bond motifs is 3. The van der Waals surface area contributed by atoms with Crippen LogP contribution in [0.4, 0.5) is 11.4 Å². The topological polar surface area (TPSA) is 55.2 Å². The van der Waals surface area contributed by atoms with Gasteiger partial charge in [0.15, 0.2) is 0 Å². The summed E-state index contributed by atoms with van der Waals surface area (Å²) in [5.41, 5.74) is 3.77. The van der Waals surface area contributed by atoms with Gasteiger partial charge in [-0.15, -0.1) is 0 Å². The standard InChI is InChI=1S/C19H16Cl2N2O2/c1-10-5-8-16(23(24)25)17-12-3-2-4-13(12)19(22-18(10)17)14-7-6-11(20)9-15(14)21/h2-3,5-9,12-13,19,22H,4H2,1H3/t12-,13-,19+/m0/s1. The molecule has 1 aliphatic carbocycles. The average Bonchev–Trinajstić information content (AvgIpc) is 3.04. The van der Waals surface area contributed by atoms with Crippen molar-refractivity contribution in [2.45, 2.75) is 25.3 Å². The maximum absolute atomic E-state index is 11.5. The molecule has 0 aromatic heterocycles. The summed E-state index contributed by atoms with van der Waals surface area (Å²) >= 11 is 12.5. The molecule has 1 aliphatic heterocycles. The zero-order valence-electron chi connectivity index (χ0n) is 13.5. The van der Waals surface area contributed by atoms with Gasteiger partial charge in [-0.25, -0.2) is 0 Å². The molecule has 6 heteroatoms. The third-order valence-corrected chi connectivity index (χ3v) is 5.76. The molecule has 0 saturated heterocycles. The lowest BCUT2D eigenvalue weighted by Crippen LogP contribution is -2.30. The van der Waals surface area contributed by atoms with Crippen molar-refractivity contribution in [3.05, 3.63) is 79.3 Å². The fraction of sp³-hybridized carbons (Fsp3) is 0.263. The molecule has 25 heavy (non-hydrogen) atoms. The lowest BCUT2D eigenvalue weighted by molar-refractivity contribution is -0.385. The van der Waals surface area contributed by atoms with Gasteiger partial charge in [0.05, 0.1) is 16.5 Å². The molecule has 0 radical (unpaired) electrons. The van der Waals surface area contributed by atoms with E-state index in [9.17, 15) is 10.1 Å². The molecule has 0 fully saturated rings. The molecule has 0 spiro atoms. The summed E-state index contributed by atoms with van der Waals surface area (Å²) in [7, 11) is 0. The van der Waals surface area contributed by atoms with Crippen molar-refractivity contribution in [2.75, 3.05) is 5.32 Å². The van der Waals surface area contributed by atoms with Crippen molar-refractivity contribution in [1.82, 2.24) is 0 Å². The van der Waals surface area contributed by atoms with Crippen molar-refractivity contribution in [3.8, 4) is 0 Å². The summed E-state index contributed by atoms with van der Waals surface area (Å²) in [5.74, 6) is 0.194. The first kappa shape index (κ1) is 16.4. The minimum absolute atomic E-state index is 0.00768. The van der Waals surface area contributed by atoms with E-state index in [1.807, 2.05) is 19.1 Å². The van der Waals surface area contributed by atoms with Gasteiger partial charge in [-0.1, -0.05) is 47.5 Å². The van der Waals surface area contributed by atoms with Crippen LogP contribution in [0.5, 0.6) is 0 Å². The first-order valence-electron chi connectivity index (χ1n) is 8.13. The number of nitro groups is 1. The predicted octanol–water partition coefficient (Wildman–Crippen LogP) is 6.04. The third-order valence-electron chi connectivity index (χ3n) is 5.20. The molecule has 2 aromatic rings. The number of halogens is 2. The number of benzene rings is 2. The fourth-order valence-electron chi connectivity index (χ4n) is 4.06. The maximum Gasteiger partial charge on any atom is 0.275 e. The van der Waals surface area contributed by atoms with Gasteiger partial charge in [-0.3, -0.25) is 10.1 Å². The molecule has 0 bridgehead atoms. The van der Waals surface area contributed by atoms with Crippen molar-refractivity contribution in [2.24, 2.45) is 5.92 Å². The highest BCUT2D eigenvalue weighted by atomic mass is 35.5. The summed E-state index contributed by atoms with van der Waals surface area (Å²) in [6.07, 6.45) is 5.05. The van der Waals surface area contributed by atoms with Crippen LogP contribution < -0.4 is 5.32 Å². The van der Waals surface area contributed by atoms with Crippen molar-refractivity contribution < 1.29 is 4.92 Å². The van der Waals surface area contributed by atoms with Crippen LogP contribution in [0.15, 0.2) is 42.5 Å². The smallest absolute Gasteiger partial charge is 0.275 e. The first-order valence-corrected chi connectivity index (χ1v) is 8.89. The zero-order valence-corrected chi connectivity index (χ0v) is 15.0. The second kappa shape index (κ2) is 6.04. The van der Waals surface area contributed by atoms with Gasteiger partial charge in [0.1, 0.15) is 0 Å². The highest BCUT2D eigenvalue weighted by Crippen LogP contribution is 2.54. The van der Waals surface area contributed by atoms with Crippen molar-refractivity contribution in [3.63, 3.8) is 0 Å². The van der Waals surface area contributed by atoms with Gasteiger partial charge in [0.2, 0.25) is 0 Å². The molecule has 0 saturated carbocycles. The zero-order chi connectivity index (χ0) is 17.7. The molecule has 0 amide bonds. The summed E-state index contributed by atoms with van der Waals surface area (Å²) < 4.78 is 0. The Hall–Kier alpha value is -2.04. The van der Waals surface area contributed by atoms with Crippen LogP contribution >= 0.6 is 23.2 Å². The van der Waals surface area contributed by atoms with E-state index in [4.69, 9.17) is 23.2 Å². The second-order valence-corrected chi connectivity index (χ2v) is 7.43. The summed E-state index contributed by atoms with van der Waals surface area (Å²) in [6.45, 7) is 1.97. The number of aryl methyl sites for hydroxylation is 1. The van der Waals surface area contributed by atoms with Crippen LogP contribution in [0, 0.1) is 23.0 Å². The molecular weight excluding hydrogens is 359 g/mol. The Morgan fingerprint density at radius 3 is 2.76 bits per heavy atom. The Morgan fingerprint density at radius 1 is 1.24 bits per heavy atom. The fourth-order valence-corrected chi connectivity index (χ4v) is 4.58. The first-order chi connectivity index (χ1) is 12.0. The van der Waals surface area contributed by atoms with Crippen LogP contribution in [0.25, 0.3) is 0 Å². The van der Waals surface area contributed by atoms with Gasteiger partial charge in [-0.2, -0.15) is 0 Å². The third kappa shape index (κ3) is 2.60. The van der Waals surface area contributed by atoms with Crippen molar-refractivity contribution >= 4 is 34.6 Å². The molecule has 2 aromatic carbocycles. The maximum atomic E-state index is 11.5. The average molecular weight is 375 g/mol. The summed E-state index contributed by atoms with van der Waals surface area (Å²) in [6, 6.07) is 8.90. The van der Waals surface area contributed by atoms with Gasteiger partial charge in [0, 0.05) is 27.7 Å². The lowest BCUT2D eigenvalue weighted by atomic mass is 9.75. The molecule has 4 nitrogen and oxygen atoms in total. The Bertz CT molecular complexity index is 911. The van der Waals surface area contributed by atoms with Crippen LogP contribution in [-0.4, -0.2) is 4.92 Å². The molecule has 1 heterocycles. The summed E-state index contributed by atoms with van der Waals surface area (Å²) in [5, 5.41) is 16.3. The molecule has 4 rings (SSSR count). The van der Waals surface area contributed by atoms with E-state index >= 15 is 0 Å². The number of nitrogens with one attached hydrogen (secondary N) is 1. The van der Waals surface area contributed by atoms with Crippen molar-refractivity contribution in [1.29, 1.82) is 0 Å². The monoisotopic (exact) mass is 374 g/mol. The minimum atomic E-state index is -0.293.